The lowest BCUT2D eigenvalue weighted by Crippen LogP contribution is -2.15. The number of carboxylic acids is 2. The largest absolute Gasteiger partial charge is 0.478 e. The van der Waals surface area contributed by atoms with Gasteiger partial charge in [0.05, 0.1) is 13.2 Å². The lowest BCUT2D eigenvalue weighted by molar-refractivity contribution is -0.132. The number of carboxylic acid groups (broad SMARTS) is 2. The summed E-state index contributed by atoms with van der Waals surface area (Å²) in [7, 11) is -4.64. The number of phosphoric acid groups is 1. The second-order valence-electron chi connectivity index (χ2n) is 2.62. The first kappa shape index (κ1) is 27.7. The summed E-state index contributed by atoms with van der Waals surface area (Å²) in [6.45, 7) is 5.19. The van der Waals surface area contributed by atoms with Gasteiger partial charge in [-0.15, -0.1) is 0 Å². The van der Waals surface area contributed by atoms with Crippen LogP contribution >= 0.6 is 7.82 Å². The van der Waals surface area contributed by atoms with E-state index in [1.165, 1.54) is 0 Å². The highest BCUT2D eigenvalue weighted by molar-refractivity contribution is 7.45. The Labute approximate surface area is 120 Å². The number of aliphatic hydroxyl groups is 3. The first-order chi connectivity index (χ1) is 9.35. The van der Waals surface area contributed by atoms with Crippen LogP contribution in [-0.4, -0.2) is 71.5 Å². The Hall–Kier alpha value is -1.59. The van der Waals surface area contributed by atoms with E-state index in [4.69, 9.17) is 44.8 Å². The molecule has 126 valence electrons. The molecule has 0 aromatic carbocycles. The van der Waals surface area contributed by atoms with Gasteiger partial charge in [0.25, 0.3) is 0 Å². The lowest BCUT2D eigenvalue weighted by atomic mass is 10.4. The van der Waals surface area contributed by atoms with Gasteiger partial charge < -0.3 is 40.2 Å². The summed E-state index contributed by atoms with van der Waals surface area (Å²) in [6, 6.07) is 0. The number of carbonyl (C=O) groups is 2. The van der Waals surface area contributed by atoms with E-state index in [1.54, 1.807) is 0 Å². The molecular formula is C9H19O11P. The molecule has 0 saturated carbocycles. The predicted octanol–water partition coefficient (Wildman–Crippen LogP) is -2.08. The summed E-state index contributed by atoms with van der Waals surface area (Å²) in [5.74, 6) is -1.96. The standard InChI is InChI=1S/C3H8O3.2C3H4O2.H3O4P/c4-1-3(6)2-5;2*1-2-3(4)5;1-5(2,3)4/h3-6H,1-2H2;2*2H,1H2,(H,4,5);(H3,1,2,3,4). The molecule has 0 aliphatic heterocycles. The van der Waals surface area contributed by atoms with Crippen molar-refractivity contribution < 1.29 is 54.4 Å². The summed E-state index contributed by atoms with van der Waals surface area (Å²) in [5, 5.41) is 39.2. The van der Waals surface area contributed by atoms with Gasteiger partial charge in [-0.05, 0) is 0 Å². The molecule has 8 N–H and O–H groups in total. The normalized spacial score (nSPS) is 8.71. The molecular weight excluding hydrogens is 315 g/mol. The van der Waals surface area contributed by atoms with E-state index >= 15 is 0 Å². The molecule has 0 aromatic heterocycles. The zero-order valence-corrected chi connectivity index (χ0v) is 11.7. The molecule has 0 unspecified atom stereocenters. The average Bonchev–Trinajstić information content (AvgIpc) is 2.37. The fourth-order valence-electron chi connectivity index (χ4n) is 0.0577. The van der Waals surface area contributed by atoms with Crippen molar-refractivity contribution in [3.05, 3.63) is 25.3 Å². The highest BCUT2D eigenvalue weighted by Crippen LogP contribution is 2.25. The second kappa shape index (κ2) is 18.4. The van der Waals surface area contributed by atoms with E-state index in [2.05, 4.69) is 13.2 Å². The molecule has 0 atom stereocenters. The highest BCUT2D eigenvalue weighted by Gasteiger charge is 2.00. The van der Waals surface area contributed by atoms with Crippen LogP contribution in [0.1, 0.15) is 0 Å². The van der Waals surface area contributed by atoms with Crippen molar-refractivity contribution in [3.8, 4) is 0 Å². The van der Waals surface area contributed by atoms with Crippen molar-refractivity contribution >= 4 is 19.8 Å². The molecule has 0 amide bonds. The van der Waals surface area contributed by atoms with E-state index < -0.39 is 25.9 Å². The lowest BCUT2D eigenvalue weighted by Gasteiger charge is -1.96. The maximum Gasteiger partial charge on any atom is 0.466 e. The first-order valence-corrected chi connectivity index (χ1v) is 6.30. The van der Waals surface area contributed by atoms with Crippen molar-refractivity contribution in [1.82, 2.24) is 0 Å². The van der Waals surface area contributed by atoms with Crippen molar-refractivity contribution in [1.29, 1.82) is 0 Å². The highest BCUT2D eigenvalue weighted by atomic mass is 31.2. The molecule has 0 spiro atoms. The van der Waals surface area contributed by atoms with Crippen molar-refractivity contribution in [3.63, 3.8) is 0 Å². The zero-order chi connectivity index (χ0) is 18.1. The summed E-state index contributed by atoms with van der Waals surface area (Å²) in [4.78, 5) is 40.1. The maximum atomic E-state index is 9.25. The van der Waals surface area contributed by atoms with E-state index in [1.807, 2.05) is 0 Å². The summed E-state index contributed by atoms with van der Waals surface area (Å²) < 4.78 is 8.88. The summed E-state index contributed by atoms with van der Waals surface area (Å²) in [6.07, 6.45) is 0.713. The van der Waals surface area contributed by atoms with Crippen molar-refractivity contribution in [2.45, 2.75) is 6.10 Å². The van der Waals surface area contributed by atoms with Crippen LogP contribution in [0.25, 0.3) is 0 Å². The van der Waals surface area contributed by atoms with E-state index in [9.17, 15) is 9.59 Å². The molecule has 0 radical (unpaired) electrons. The summed E-state index contributed by atoms with van der Waals surface area (Å²) in [5.41, 5.74) is 0. The summed E-state index contributed by atoms with van der Waals surface area (Å²) >= 11 is 0. The molecule has 0 bridgehead atoms. The Kier molecular flexibility index (Phi) is 24.3. The van der Waals surface area contributed by atoms with Gasteiger partial charge in [-0.2, -0.15) is 0 Å². The Morgan fingerprint density at radius 3 is 1.10 bits per heavy atom. The molecule has 0 aliphatic rings. The van der Waals surface area contributed by atoms with Gasteiger partial charge in [-0.3, -0.25) is 0 Å². The van der Waals surface area contributed by atoms with Crippen molar-refractivity contribution in [2.75, 3.05) is 13.2 Å². The molecule has 21 heavy (non-hydrogen) atoms. The van der Waals surface area contributed by atoms with Crippen molar-refractivity contribution in [2.24, 2.45) is 0 Å². The van der Waals surface area contributed by atoms with Crippen LogP contribution in [0.3, 0.4) is 0 Å². The van der Waals surface area contributed by atoms with Crippen LogP contribution in [0.15, 0.2) is 25.3 Å². The number of aliphatic carboxylic acids is 2. The van der Waals surface area contributed by atoms with Crippen LogP contribution in [0.4, 0.5) is 0 Å². The Bertz CT molecular complexity index is 304. The SMILES string of the molecule is C=CC(=O)O.C=CC(=O)O.O=P(O)(O)O.OCC(O)CO. The van der Waals surface area contributed by atoms with E-state index in [0.29, 0.717) is 0 Å². The van der Waals surface area contributed by atoms with Gasteiger partial charge in [-0.1, -0.05) is 13.2 Å². The Morgan fingerprint density at radius 2 is 1.10 bits per heavy atom. The van der Waals surface area contributed by atoms with Gasteiger partial charge in [0, 0.05) is 12.2 Å². The molecule has 0 rings (SSSR count). The van der Waals surface area contributed by atoms with Gasteiger partial charge in [0.2, 0.25) is 0 Å². The van der Waals surface area contributed by atoms with Gasteiger partial charge >= 0.3 is 19.8 Å². The average molecular weight is 334 g/mol. The third-order valence-corrected chi connectivity index (χ3v) is 0.771. The maximum absolute atomic E-state index is 9.25. The van der Waals surface area contributed by atoms with E-state index in [-0.39, 0.29) is 13.2 Å². The Morgan fingerprint density at radius 1 is 0.952 bits per heavy atom. The number of aliphatic hydroxyl groups excluding tert-OH is 3. The minimum Gasteiger partial charge on any atom is -0.478 e. The molecule has 12 heteroatoms. The quantitative estimate of drug-likeness (QED) is 0.206. The molecule has 0 heterocycles. The molecule has 0 fully saturated rings. The van der Waals surface area contributed by atoms with E-state index in [0.717, 1.165) is 12.2 Å². The monoisotopic (exact) mass is 334 g/mol. The van der Waals surface area contributed by atoms with Crippen LogP contribution < -0.4 is 0 Å². The zero-order valence-electron chi connectivity index (χ0n) is 10.8. The predicted molar refractivity (Wildman–Crippen MR) is 70.1 cm³/mol. The molecule has 0 aliphatic carbocycles. The third-order valence-electron chi connectivity index (χ3n) is 0.771. The minimum atomic E-state index is -4.64. The first-order valence-electron chi connectivity index (χ1n) is 4.74. The van der Waals surface area contributed by atoms with Crippen LogP contribution in [0.5, 0.6) is 0 Å². The van der Waals surface area contributed by atoms with Crippen LogP contribution in [0, 0.1) is 0 Å². The molecule has 0 saturated heterocycles. The number of hydrogen-bond acceptors (Lipinski definition) is 6. The third kappa shape index (κ3) is 121. The number of hydrogen-bond donors (Lipinski definition) is 8. The topological polar surface area (TPSA) is 213 Å². The number of rotatable bonds is 4. The van der Waals surface area contributed by atoms with Gasteiger partial charge in [0.1, 0.15) is 6.10 Å². The smallest absolute Gasteiger partial charge is 0.466 e. The Balaban J connectivity index is -0.0000000921. The van der Waals surface area contributed by atoms with Gasteiger partial charge in [0.15, 0.2) is 0 Å². The fourth-order valence-corrected chi connectivity index (χ4v) is 0.0577. The second-order valence-corrected chi connectivity index (χ2v) is 3.64. The molecule has 11 nitrogen and oxygen atoms in total. The minimum absolute atomic E-state index is 0.365. The van der Waals surface area contributed by atoms with Gasteiger partial charge in [-0.25, -0.2) is 14.2 Å². The van der Waals surface area contributed by atoms with Crippen LogP contribution in [0.2, 0.25) is 0 Å². The van der Waals surface area contributed by atoms with Crippen LogP contribution in [-0.2, 0) is 14.2 Å². The fraction of sp³-hybridized carbons (Fsp3) is 0.333. The molecule has 0 aromatic rings.